The zero-order valence-electron chi connectivity index (χ0n) is 7.46. The van der Waals surface area contributed by atoms with Crippen molar-refractivity contribution in [1.82, 2.24) is 0 Å². The van der Waals surface area contributed by atoms with Gasteiger partial charge in [-0.3, -0.25) is 0 Å². The number of halogens is 1. The SMILES string of the molecule is COc1cccc(Br)c1[C@@H]1C[C@H]1N. The monoisotopic (exact) mass is 241 g/mol. The number of hydrogen-bond donors (Lipinski definition) is 1. The van der Waals surface area contributed by atoms with E-state index in [0.29, 0.717) is 12.0 Å². The summed E-state index contributed by atoms with van der Waals surface area (Å²) in [6, 6.07) is 6.29. The van der Waals surface area contributed by atoms with Gasteiger partial charge in [0.05, 0.1) is 7.11 Å². The molecule has 2 atom stereocenters. The fourth-order valence-electron chi connectivity index (χ4n) is 1.60. The highest BCUT2D eigenvalue weighted by Crippen LogP contribution is 2.46. The first-order valence-electron chi connectivity index (χ1n) is 4.32. The smallest absolute Gasteiger partial charge is 0.123 e. The maximum Gasteiger partial charge on any atom is 0.123 e. The molecule has 1 fully saturated rings. The van der Waals surface area contributed by atoms with Crippen LogP contribution < -0.4 is 10.5 Å². The van der Waals surface area contributed by atoms with E-state index in [1.165, 1.54) is 5.56 Å². The van der Waals surface area contributed by atoms with E-state index in [0.717, 1.165) is 16.6 Å². The first kappa shape index (κ1) is 9.03. The molecule has 0 aromatic heterocycles. The number of benzene rings is 1. The third-order valence-electron chi connectivity index (χ3n) is 2.44. The van der Waals surface area contributed by atoms with Gasteiger partial charge in [-0.1, -0.05) is 22.0 Å². The van der Waals surface area contributed by atoms with Crippen molar-refractivity contribution in [3.8, 4) is 5.75 Å². The normalized spacial score (nSPS) is 25.8. The van der Waals surface area contributed by atoms with Crippen LogP contribution in [0.1, 0.15) is 17.9 Å². The average molecular weight is 242 g/mol. The summed E-state index contributed by atoms with van der Waals surface area (Å²) in [5.74, 6) is 1.41. The zero-order chi connectivity index (χ0) is 9.42. The van der Waals surface area contributed by atoms with Gasteiger partial charge < -0.3 is 10.5 Å². The molecule has 0 amide bonds. The van der Waals surface area contributed by atoms with E-state index in [2.05, 4.69) is 15.9 Å². The van der Waals surface area contributed by atoms with Crippen molar-refractivity contribution in [2.45, 2.75) is 18.4 Å². The Morgan fingerprint density at radius 2 is 2.23 bits per heavy atom. The quantitative estimate of drug-likeness (QED) is 0.863. The van der Waals surface area contributed by atoms with Crippen LogP contribution in [0.4, 0.5) is 0 Å². The van der Waals surface area contributed by atoms with Crippen molar-refractivity contribution >= 4 is 15.9 Å². The lowest BCUT2D eigenvalue weighted by molar-refractivity contribution is 0.409. The fourth-order valence-corrected chi connectivity index (χ4v) is 2.24. The molecule has 0 saturated heterocycles. The molecule has 0 heterocycles. The van der Waals surface area contributed by atoms with Gasteiger partial charge >= 0.3 is 0 Å². The molecule has 2 rings (SSSR count). The topological polar surface area (TPSA) is 35.2 Å². The second-order valence-corrected chi connectivity index (χ2v) is 4.22. The molecule has 1 aliphatic rings. The summed E-state index contributed by atoms with van der Waals surface area (Å²) in [6.07, 6.45) is 1.07. The fraction of sp³-hybridized carbons (Fsp3) is 0.400. The summed E-state index contributed by atoms with van der Waals surface area (Å²) in [5.41, 5.74) is 7.03. The molecular weight excluding hydrogens is 230 g/mol. The third-order valence-corrected chi connectivity index (χ3v) is 3.13. The summed E-state index contributed by atoms with van der Waals surface area (Å²) < 4.78 is 6.39. The first-order valence-corrected chi connectivity index (χ1v) is 5.11. The molecule has 2 nitrogen and oxygen atoms in total. The highest BCUT2D eigenvalue weighted by molar-refractivity contribution is 9.10. The Labute approximate surface area is 86.2 Å². The Kier molecular flexibility index (Phi) is 2.30. The molecule has 0 bridgehead atoms. The molecule has 0 spiro atoms. The van der Waals surface area contributed by atoms with Crippen molar-refractivity contribution < 1.29 is 4.74 Å². The molecule has 1 aromatic carbocycles. The van der Waals surface area contributed by atoms with Crippen molar-refractivity contribution in [2.75, 3.05) is 7.11 Å². The predicted molar refractivity (Wildman–Crippen MR) is 56.0 cm³/mol. The van der Waals surface area contributed by atoms with Crippen LogP contribution in [0, 0.1) is 0 Å². The van der Waals surface area contributed by atoms with Gasteiger partial charge in [0.1, 0.15) is 5.75 Å². The highest BCUT2D eigenvalue weighted by Gasteiger charge is 2.38. The number of hydrogen-bond acceptors (Lipinski definition) is 2. The standard InChI is InChI=1S/C10H12BrNO/c1-13-9-4-2-3-7(11)10(9)6-5-8(6)12/h2-4,6,8H,5,12H2,1H3/t6-,8-/m1/s1. The van der Waals surface area contributed by atoms with Gasteiger partial charge in [0.2, 0.25) is 0 Å². The summed E-state index contributed by atoms with van der Waals surface area (Å²) in [7, 11) is 1.69. The molecule has 13 heavy (non-hydrogen) atoms. The highest BCUT2D eigenvalue weighted by atomic mass is 79.9. The molecule has 0 aliphatic heterocycles. The minimum atomic E-state index is 0.313. The van der Waals surface area contributed by atoms with E-state index >= 15 is 0 Å². The average Bonchev–Trinajstić information content (AvgIpc) is 2.82. The van der Waals surface area contributed by atoms with E-state index in [1.807, 2.05) is 18.2 Å². The van der Waals surface area contributed by atoms with E-state index in [4.69, 9.17) is 10.5 Å². The molecule has 2 N–H and O–H groups in total. The Bertz CT molecular complexity index is 327. The molecule has 0 unspecified atom stereocenters. The van der Waals surface area contributed by atoms with Gasteiger partial charge in [-0.25, -0.2) is 0 Å². The number of methoxy groups -OCH3 is 1. The van der Waals surface area contributed by atoms with Crippen molar-refractivity contribution in [2.24, 2.45) is 5.73 Å². The molecule has 0 radical (unpaired) electrons. The minimum absolute atomic E-state index is 0.313. The van der Waals surface area contributed by atoms with Gasteiger partial charge in [0, 0.05) is 22.0 Å². The maximum atomic E-state index is 5.81. The molecular formula is C10H12BrNO. The number of nitrogens with two attached hydrogens (primary N) is 1. The Morgan fingerprint density at radius 3 is 2.77 bits per heavy atom. The summed E-state index contributed by atoms with van der Waals surface area (Å²) in [4.78, 5) is 0. The zero-order valence-corrected chi connectivity index (χ0v) is 9.04. The lowest BCUT2D eigenvalue weighted by Gasteiger charge is -2.09. The van der Waals surface area contributed by atoms with E-state index < -0.39 is 0 Å². The van der Waals surface area contributed by atoms with Crippen molar-refractivity contribution in [3.63, 3.8) is 0 Å². The lowest BCUT2D eigenvalue weighted by atomic mass is 10.1. The summed E-state index contributed by atoms with van der Waals surface area (Å²) in [5, 5.41) is 0. The molecule has 70 valence electrons. The second kappa shape index (κ2) is 3.31. The van der Waals surface area contributed by atoms with Crippen LogP contribution in [0.3, 0.4) is 0 Å². The van der Waals surface area contributed by atoms with E-state index in [9.17, 15) is 0 Å². The van der Waals surface area contributed by atoms with Gasteiger partial charge in [-0.15, -0.1) is 0 Å². The summed E-state index contributed by atoms with van der Waals surface area (Å²) >= 11 is 3.52. The van der Waals surface area contributed by atoms with Crippen molar-refractivity contribution in [3.05, 3.63) is 28.2 Å². The molecule has 1 aliphatic carbocycles. The van der Waals surface area contributed by atoms with Gasteiger partial charge in [-0.2, -0.15) is 0 Å². The van der Waals surface area contributed by atoms with Crippen LogP contribution in [-0.4, -0.2) is 13.2 Å². The Hall–Kier alpha value is -0.540. The van der Waals surface area contributed by atoms with Gasteiger partial charge in [0.15, 0.2) is 0 Å². The largest absolute Gasteiger partial charge is 0.496 e. The third kappa shape index (κ3) is 1.58. The first-order chi connectivity index (χ1) is 6.24. The Balaban J connectivity index is 2.41. The van der Waals surface area contributed by atoms with Gasteiger partial charge in [-0.05, 0) is 18.6 Å². The second-order valence-electron chi connectivity index (χ2n) is 3.36. The van der Waals surface area contributed by atoms with Gasteiger partial charge in [0.25, 0.3) is 0 Å². The summed E-state index contributed by atoms with van der Waals surface area (Å²) in [6.45, 7) is 0. The van der Waals surface area contributed by atoms with Crippen LogP contribution in [0.15, 0.2) is 22.7 Å². The lowest BCUT2D eigenvalue weighted by Crippen LogP contribution is -2.02. The van der Waals surface area contributed by atoms with Crippen LogP contribution in [0.25, 0.3) is 0 Å². The molecule has 3 heteroatoms. The molecule has 1 saturated carbocycles. The van der Waals surface area contributed by atoms with Crippen LogP contribution in [0.2, 0.25) is 0 Å². The van der Waals surface area contributed by atoms with Crippen molar-refractivity contribution in [1.29, 1.82) is 0 Å². The maximum absolute atomic E-state index is 5.81. The van der Waals surface area contributed by atoms with Crippen LogP contribution >= 0.6 is 15.9 Å². The Morgan fingerprint density at radius 1 is 1.54 bits per heavy atom. The van der Waals surface area contributed by atoms with E-state index in [-0.39, 0.29) is 0 Å². The number of rotatable bonds is 2. The predicted octanol–water partition coefficient (Wildman–Crippen LogP) is 2.27. The number of ether oxygens (including phenoxy) is 1. The van der Waals surface area contributed by atoms with Crippen LogP contribution in [-0.2, 0) is 0 Å². The molecule has 1 aromatic rings. The van der Waals surface area contributed by atoms with E-state index in [1.54, 1.807) is 7.11 Å². The van der Waals surface area contributed by atoms with Crippen LogP contribution in [0.5, 0.6) is 5.75 Å². The minimum Gasteiger partial charge on any atom is -0.496 e.